The molecule has 0 N–H and O–H groups in total. The molecule has 5 heteroatoms. The first-order valence-electron chi connectivity index (χ1n) is 5.82. The molecule has 1 heterocycles. The zero-order chi connectivity index (χ0) is 11.7. The third-order valence-electron chi connectivity index (χ3n) is 2.79. The van der Waals surface area contributed by atoms with Crippen molar-refractivity contribution in [2.24, 2.45) is 5.92 Å². The number of alkyl halides is 1. The molecule has 0 saturated heterocycles. The molecule has 1 aromatic heterocycles. The zero-order valence-corrected chi connectivity index (χ0v) is 10.7. The fraction of sp³-hybridized carbons (Fsp3) is 0.818. The Labute approximate surface area is 101 Å². The van der Waals surface area contributed by atoms with Crippen LogP contribution in [0.25, 0.3) is 0 Å². The fourth-order valence-corrected chi connectivity index (χ4v) is 1.68. The van der Waals surface area contributed by atoms with Gasteiger partial charge in [0.15, 0.2) is 0 Å². The Morgan fingerprint density at radius 2 is 2.06 bits per heavy atom. The van der Waals surface area contributed by atoms with Gasteiger partial charge in [0.2, 0.25) is 5.89 Å². The molecule has 1 fully saturated rings. The summed E-state index contributed by atoms with van der Waals surface area (Å²) in [6.45, 7) is 7.11. The van der Waals surface area contributed by atoms with Crippen LogP contribution in [0, 0.1) is 5.92 Å². The number of rotatable bonds is 5. The van der Waals surface area contributed by atoms with Crippen LogP contribution in [0.4, 0.5) is 6.01 Å². The number of hydrogen-bond donors (Lipinski definition) is 0. The Balaban J connectivity index is 2.10. The lowest BCUT2D eigenvalue weighted by atomic mass is 10.3. The molecular formula is C11H18ClN3O. The highest BCUT2D eigenvalue weighted by molar-refractivity contribution is 6.20. The normalized spacial score (nSPS) is 17.8. The first-order chi connectivity index (χ1) is 7.58. The number of anilines is 1. The predicted molar refractivity (Wildman–Crippen MR) is 63.8 cm³/mol. The summed E-state index contributed by atoms with van der Waals surface area (Å²) >= 11 is 5.90. The van der Waals surface area contributed by atoms with Gasteiger partial charge in [0.1, 0.15) is 5.38 Å². The molecule has 1 saturated carbocycles. The molecule has 1 unspecified atom stereocenters. The van der Waals surface area contributed by atoms with Crippen LogP contribution >= 0.6 is 11.6 Å². The summed E-state index contributed by atoms with van der Waals surface area (Å²) in [6, 6.07) is 0.976. The van der Waals surface area contributed by atoms with Crippen LogP contribution < -0.4 is 4.90 Å². The van der Waals surface area contributed by atoms with Gasteiger partial charge in [-0.05, 0) is 39.5 Å². The van der Waals surface area contributed by atoms with Crippen molar-refractivity contribution in [3.63, 3.8) is 0 Å². The average molecular weight is 244 g/mol. The molecule has 1 aromatic rings. The second kappa shape index (κ2) is 4.62. The molecule has 0 amide bonds. The summed E-state index contributed by atoms with van der Waals surface area (Å²) < 4.78 is 5.57. The Morgan fingerprint density at radius 3 is 2.50 bits per heavy atom. The lowest BCUT2D eigenvalue weighted by molar-refractivity contribution is 0.466. The highest BCUT2D eigenvalue weighted by atomic mass is 35.5. The van der Waals surface area contributed by atoms with E-state index in [0.29, 0.717) is 17.9 Å². The predicted octanol–water partition coefficient (Wildman–Crippen LogP) is 2.99. The van der Waals surface area contributed by atoms with Crippen molar-refractivity contribution in [3.8, 4) is 0 Å². The van der Waals surface area contributed by atoms with Gasteiger partial charge < -0.3 is 9.32 Å². The number of hydrogen-bond acceptors (Lipinski definition) is 4. The largest absolute Gasteiger partial charge is 0.406 e. The summed E-state index contributed by atoms with van der Waals surface area (Å²) in [5, 5.41) is 7.80. The van der Waals surface area contributed by atoms with Crippen LogP contribution in [-0.4, -0.2) is 22.8 Å². The van der Waals surface area contributed by atoms with E-state index >= 15 is 0 Å². The third kappa shape index (κ3) is 2.67. The Morgan fingerprint density at radius 1 is 1.38 bits per heavy atom. The van der Waals surface area contributed by atoms with Gasteiger partial charge in [0.25, 0.3) is 0 Å². The Bertz CT molecular complexity index is 347. The minimum absolute atomic E-state index is 0.226. The standard InChI is InChI=1S/C11H18ClN3O/c1-7(2)15(6-9-4-5-9)11-14-13-10(16-11)8(3)12/h7-9H,4-6H2,1-3H3. The minimum Gasteiger partial charge on any atom is -0.406 e. The van der Waals surface area contributed by atoms with Crippen LogP contribution in [0.3, 0.4) is 0 Å². The topological polar surface area (TPSA) is 42.2 Å². The van der Waals surface area contributed by atoms with E-state index < -0.39 is 0 Å². The van der Waals surface area contributed by atoms with E-state index in [9.17, 15) is 0 Å². The number of halogens is 1. The van der Waals surface area contributed by atoms with E-state index in [4.69, 9.17) is 16.0 Å². The molecule has 0 radical (unpaired) electrons. The first kappa shape index (κ1) is 11.7. The SMILES string of the molecule is CC(Cl)c1nnc(N(CC2CC2)C(C)C)o1. The van der Waals surface area contributed by atoms with Gasteiger partial charge >= 0.3 is 6.01 Å². The molecule has 1 aliphatic rings. The number of aromatic nitrogens is 2. The summed E-state index contributed by atoms with van der Waals surface area (Å²) in [5.74, 6) is 1.30. The molecule has 1 aliphatic carbocycles. The summed E-state index contributed by atoms with van der Waals surface area (Å²) in [7, 11) is 0. The van der Waals surface area contributed by atoms with Crippen molar-refractivity contribution in [2.75, 3.05) is 11.4 Å². The molecule has 0 bridgehead atoms. The lowest BCUT2D eigenvalue weighted by Crippen LogP contribution is -2.33. The molecule has 2 rings (SSSR count). The number of nitrogens with zero attached hydrogens (tertiary/aromatic N) is 3. The Kier molecular flexibility index (Phi) is 3.38. The molecule has 0 aromatic carbocycles. The maximum atomic E-state index is 5.90. The monoisotopic (exact) mass is 243 g/mol. The van der Waals surface area contributed by atoms with E-state index in [-0.39, 0.29) is 5.38 Å². The van der Waals surface area contributed by atoms with Gasteiger partial charge in [-0.15, -0.1) is 16.7 Å². The maximum Gasteiger partial charge on any atom is 0.318 e. The van der Waals surface area contributed by atoms with E-state index in [1.165, 1.54) is 12.8 Å². The molecule has 16 heavy (non-hydrogen) atoms. The summed E-state index contributed by atoms with van der Waals surface area (Å²) in [5.41, 5.74) is 0. The average Bonchev–Trinajstić information content (AvgIpc) is 2.89. The smallest absolute Gasteiger partial charge is 0.318 e. The highest BCUT2D eigenvalue weighted by Gasteiger charge is 2.28. The van der Waals surface area contributed by atoms with Crippen molar-refractivity contribution < 1.29 is 4.42 Å². The van der Waals surface area contributed by atoms with Gasteiger partial charge in [-0.1, -0.05) is 5.10 Å². The molecule has 1 atom stereocenters. The van der Waals surface area contributed by atoms with Gasteiger partial charge in [0, 0.05) is 12.6 Å². The van der Waals surface area contributed by atoms with Crippen LogP contribution in [0.1, 0.15) is 44.9 Å². The van der Waals surface area contributed by atoms with Crippen LogP contribution in [0.2, 0.25) is 0 Å². The summed E-state index contributed by atoms with van der Waals surface area (Å²) in [6.07, 6.45) is 2.63. The van der Waals surface area contributed by atoms with Crippen molar-refractivity contribution in [1.82, 2.24) is 10.2 Å². The Hall–Kier alpha value is -0.770. The van der Waals surface area contributed by atoms with E-state index in [2.05, 4.69) is 28.9 Å². The van der Waals surface area contributed by atoms with Gasteiger partial charge in [-0.3, -0.25) is 0 Å². The fourth-order valence-electron chi connectivity index (χ4n) is 1.59. The van der Waals surface area contributed by atoms with E-state index in [1.54, 1.807) is 0 Å². The molecule has 0 aliphatic heterocycles. The van der Waals surface area contributed by atoms with Gasteiger partial charge in [-0.25, -0.2) is 0 Å². The van der Waals surface area contributed by atoms with Crippen molar-refractivity contribution in [1.29, 1.82) is 0 Å². The van der Waals surface area contributed by atoms with Crippen LogP contribution in [-0.2, 0) is 0 Å². The van der Waals surface area contributed by atoms with Gasteiger partial charge in [-0.2, -0.15) is 0 Å². The van der Waals surface area contributed by atoms with Crippen LogP contribution in [0.5, 0.6) is 0 Å². The highest BCUT2D eigenvalue weighted by Crippen LogP contribution is 2.32. The van der Waals surface area contributed by atoms with Crippen molar-refractivity contribution in [2.45, 2.75) is 45.0 Å². The van der Waals surface area contributed by atoms with Gasteiger partial charge in [0.05, 0.1) is 0 Å². The second-order valence-electron chi connectivity index (χ2n) is 4.73. The second-order valence-corrected chi connectivity index (χ2v) is 5.38. The van der Waals surface area contributed by atoms with Crippen molar-refractivity contribution in [3.05, 3.63) is 5.89 Å². The van der Waals surface area contributed by atoms with Crippen LogP contribution in [0.15, 0.2) is 4.42 Å². The quantitative estimate of drug-likeness (QED) is 0.746. The maximum absolute atomic E-state index is 5.90. The third-order valence-corrected chi connectivity index (χ3v) is 2.98. The molecule has 0 spiro atoms. The molecule has 4 nitrogen and oxygen atoms in total. The molecule has 90 valence electrons. The van der Waals surface area contributed by atoms with E-state index in [1.807, 2.05) is 6.92 Å². The summed E-state index contributed by atoms with van der Waals surface area (Å²) in [4.78, 5) is 2.16. The van der Waals surface area contributed by atoms with E-state index in [0.717, 1.165) is 12.5 Å². The van der Waals surface area contributed by atoms with Crippen molar-refractivity contribution >= 4 is 17.6 Å². The first-order valence-corrected chi connectivity index (χ1v) is 6.25. The zero-order valence-electron chi connectivity index (χ0n) is 9.98. The lowest BCUT2D eigenvalue weighted by Gasteiger charge is -2.24. The molecular weight excluding hydrogens is 226 g/mol. The minimum atomic E-state index is -0.226.